The molecule has 1 aliphatic rings. The number of nitrogens with zero attached hydrogens (tertiary/aromatic N) is 2. The Kier molecular flexibility index (Phi) is 9.81. The highest BCUT2D eigenvalue weighted by Crippen LogP contribution is 2.08. The van der Waals surface area contributed by atoms with Crippen molar-refractivity contribution in [1.82, 2.24) is 15.5 Å². The number of ether oxygens (including phenoxy) is 2. The summed E-state index contributed by atoms with van der Waals surface area (Å²) in [5, 5.41) is 6.71. The van der Waals surface area contributed by atoms with Gasteiger partial charge in [0.05, 0.1) is 19.8 Å². The van der Waals surface area contributed by atoms with Crippen LogP contribution in [0.2, 0.25) is 0 Å². The molecule has 0 atom stereocenters. The topological polar surface area (TPSA) is 58.1 Å². The van der Waals surface area contributed by atoms with E-state index in [1.165, 1.54) is 0 Å². The minimum absolute atomic E-state index is 0.737. The lowest BCUT2D eigenvalue weighted by Crippen LogP contribution is -2.44. The third-order valence-corrected chi connectivity index (χ3v) is 4.00. The molecule has 6 nitrogen and oxygen atoms in total. The predicted molar refractivity (Wildman–Crippen MR) is 102 cm³/mol. The normalized spacial score (nSPS) is 15.8. The maximum absolute atomic E-state index is 5.70. The van der Waals surface area contributed by atoms with Gasteiger partial charge in [-0.3, -0.25) is 9.89 Å². The third kappa shape index (κ3) is 8.74. The monoisotopic (exact) mass is 348 g/mol. The fraction of sp³-hybridized carbons (Fsp3) is 0.632. The molecular formula is C19H32N4O2. The Morgan fingerprint density at radius 1 is 1.16 bits per heavy atom. The van der Waals surface area contributed by atoms with E-state index in [4.69, 9.17) is 9.47 Å². The SMILES string of the molecule is CCNC(=NCCCCOc1ccccc1)NCCN1CCOCC1. The molecule has 2 N–H and O–H groups in total. The Labute approximate surface area is 151 Å². The summed E-state index contributed by atoms with van der Waals surface area (Å²) >= 11 is 0. The first-order valence-electron chi connectivity index (χ1n) is 9.38. The first kappa shape index (κ1) is 19.5. The van der Waals surface area contributed by atoms with E-state index in [1.807, 2.05) is 30.3 Å². The second kappa shape index (κ2) is 12.6. The molecule has 2 rings (SSSR count). The number of nitrogens with one attached hydrogen (secondary N) is 2. The van der Waals surface area contributed by atoms with Crippen LogP contribution in [0.3, 0.4) is 0 Å². The van der Waals surface area contributed by atoms with Crippen molar-refractivity contribution in [3.05, 3.63) is 30.3 Å². The van der Waals surface area contributed by atoms with E-state index < -0.39 is 0 Å². The smallest absolute Gasteiger partial charge is 0.191 e. The van der Waals surface area contributed by atoms with E-state index in [0.29, 0.717) is 0 Å². The number of rotatable bonds is 10. The maximum Gasteiger partial charge on any atom is 0.191 e. The minimum Gasteiger partial charge on any atom is -0.494 e. The number of hydrogen-bond donors (Lipinski definition) is 2. The van der Waals surface area contributed by atoms with Crippen LogP contribution >= 0.6 is 0 Å². The zero-order valence-corrected chi connectivity index (χ0v) is 15.4. The van der Waals surface area contributed by atoms with Crippen molar-refractivity contribution in [3.8, 4) is 5.75 Å². The Morgan fingerprint density at radius 2 is 1.96 bits per heavy atom. The van der Waals surface area contributed by atoms with Crippen LogP contribution < -0.4 is 15.4 Å². The summed E-state index contributed by atoms with van der Waals surface area (Å²) in [6, 6.07) is 9.95. The molecule has 1 heterocycles. The van der Waals surface area contributed by atoms with Gasteiger partial charge in [-0.25, -0.2) is 0 Å². The lowest BCUT2D eigenvalue weighted by atomic mass is 10.3. The zero-order chi connectivity index (χ0) is 17.6. The Bertz CT molecular complexity index is 476. The Morgan fingerprint density at radius 3 is 2.72 bits per heavy atom. The number of guanidine groups is 1. The highest BCUT2D eigenvalue weighted by molar-refractivity contribution is 5.79. The molecule has 0 saturated carbocycles. The first-order chi connectivity index (χ1) is 12.4. The average molecular weight is 348 g/mol. The molecule has 25 heavy (non-hydrogen) atoms. The van der Waals surface area contributed by atoms with Crippen LogP contribution in [-0.4, -0.2) is 69.9 Å². The van der Waals surface area contributed by atoms with Gasteiger partial charge in [-0.2, -0.15) is 0 Å². The maximum atomic E-state index is 5.70. The van der Waals surface area contributed by atoms with E-state index in [2.05, 4.69) is 27.4 Å². The quantitative estimate of drug-likeness (QED) is 0.383. The average Bonchev–Trinajstić information content (AvgIpc) is 2.66. The van der Waals surface area contributed by atoms with Crippen molar-refractivity contribution in [2.45, 2.75) is 19.8 Å². The summed E-state index contributed by atoms with van der Waals surface area (Å²) in [4.78, 5) is 7.05. The van der Waals surface area contributed by atoms with Gasteiger partial charge in [-0.1, -0.05) is 18.2 Å². The molecule has 0 radical (unpaired) electrons. The standard InChI is InChI=1S/C19H32N4O2/c1-2-20-19(22-11-12-23-13-16-24-17-14-23)21-10-6-7-15-25-18-8-4-3-5-9-18/h3-5,8-9H,2,6-7,10-17H2,1H3,(H2,20,21,22). The first-order valence-corrected chi connectivity index (χ1v) is 9.38. The van der Waals surface area contributed by atoms with E-state index >= 15 is 0 Å². The predicted octanol–water partition coefficient (Wildman–Crippen LogP) is 1.73. The van der Waals surface area contributed by atoms with Gasteiger partial charge >= 0.3 is 0 Å². The van der Waals surface area contributed by atoms with Gasteiger partial charge in [-0.15, -0.1) is 0 Å². The lowest BCUT2D eigenvalue weighted by molar-refractivity contribution is 0.0389. The number of benzene rings is 1. The number of hydrogen-bond acceptors (Lipinski definition) is 4. The molecule has 1 saturated heterocycles. The molecule has 1 aliphatic heterocycles. The number of unbranched alkanes of at least 4 members (excludes halogenated alkanes) is 1. The van der Waals surface area contributed by atoms with Crippen LogP contribution in [0.25, 0.3) is 0 Å². The van der Waals surface area contributed by atoms with Crippen molar-refractivity contribution < 1.29 is 9.47 Å². The molecule has 1 fully saturated rings. The lowest BCUT2D eigenvalue weighted by Gasteiger charge is -2.26. The van der Waals surface area contributed by atoms with Crippen molar-refractivity contribution in [2.75, 3.05) is 59.1 Å². The molecule has 0 unspecified atom stereocenters. The van der Waals surface area contributed by atoms with Crippen LogP contribution in [0.1, 0.15) is 19.8 Å². The van der Waals surface area contributed by atoms with E-state index in [9.17, 15) is 0 Å². The Balaban J connectivity index is 1.56. The fourth-order valence-electron chi connectivity index (χ4n) is 2.61. The number of para-hydroxylation sites is 1. The van der Waals surface area contributed by atoms with Crippen LogP contribution in [0.15, 0.2) is 35.3 Å². The molecular weight excluding hydrogens is 316 g/mol. The summed E-state index contributed by atoms with van der Waals surface area (Å²) in [6.45, 7) is 10.2. The largest absolute Gasteiger partial charge is 0.494 e. The summed E-state index contributed by atoms with van der Waals surface area (Å²) in [6.07, 6.45) is 2.03. The highest BCUT2D eigenvalue weighted by Gasteiger charge is 2.09. The van der Waals surface area contributed by atoms with Gasteiger partial charge in [-0.05, 0) is 31.9 Å². The summed E-state index contributed by atoms with van der Waals surface area (Å²) < 4.78 is 11.1. The van der Waals surface area contributed by atoms with E-state index in [-0.39, 0.29) is 0 Å². The van der Waals surface area contributed by atoms with Crippen LogP contribution in [0, 0.1) is 0 Å². The number of aliphatic imine (C=N–C) groups is 1. The highest BCUT2D eigenvalue weighted by atomic mass is 16.5. The summed E-state index contributed by atoms with van der Waals surface area (Å²) in [7, 11) is 0. The molecule has 0 bridgehead atoms. The van der Waals surface area contributed by atoms with Crippen molar-refractivity contribution >= 4 is 5.96 Å². The molecule has 0 aromatic heterocycles. The van der Waals surface area contributed by atoms with Gasteiger partial charge in [0, 0.05) is 39.3 Å². The molecule has 6 heteroatoms. The minimum atomic E-state index is 0.737. The fourth-order valence-corrected chi connectivity index (χ4v) is 2.61. The van der Waals surface area contributed by atoms with Crippen molar-refractivity contribution in [3.63, 3.8) is 0 Å². The van der Waals surface area contributed by atoms with Crippen molar-refractivity contribution in [2.24, 2.45) is 4.99 Å². The molecule has 0 aliphatic carbocycles. The molecule has 0 spiro atoms. The summed E-state index contributed by atoms with van der Waals surface area (Å²) in [5.74, 6) is 1.84. The van der Waals surface area contributed by atoms with E-state index in [0.717, 1.165) is 83.6 Å². The van der Waals surface area contributed by atoms with Crippen LogP contribution in [-0.2, 0) is 4.74 Å². The zero-order valence-electron chi connectivity index (χ0n) is 15.4. The van der Waals surface area contributed by atoms with Gasteiger partial charge in [0.15, 0.2) is 5.96 Å². The second-order valence-electron chi connectivity index (χ2n) is 6.01. The second-order valence-corrected chi connectivity index (χ2v) is 6.01. The van der Waals surface area contributed by atoms with E-state index in [1.54, 1.807) is 0 Å². The molecule has 1 aromatic rings. The van der Waals surface area contributed by atoms with Gasteiger partial charge in [0.2, 0.25) is 0 Å². The summed E-state index contributed by atoms with van der Waals surface area (Å²) in [5.41, 5.74) is 0. The van der Waals surface area contributed by atoms with Crippen LogP contribution in [0.5, 0.6) is 5.75 Å². The third-order valence-electron chi connectivity index (χ3n) is 4.00. The number of morpholine rings is 1. The van der Waals surface area contributed by atoms with Gasteiger partial charge < -0.3 is 20.1 Å². The molecule has 1 aromatic carbocycles. The van der Waals surface area contributed by atoms with Gasteiger partial charge in [0.1, 0.15) is 5.75 Å². The molecule has 140 valence electrons. The molecule has 0 amide bonds. The van der Waals surface area contributed by atoms with Crippen molar-refractivity contribution in [1.29, 1.82) is 0 Å². The Hall–Kier alpha value is -1.79. The van der Waals surface area contributed by atoms with Gasteiger partial charge in [0.25, 0.3) is 0 Å². The van der Waals surface area contributed by atoms with Crippen LogP contribution in [0.4, 0.5) is 0 Å².